The van der Waals surface area contributed by atoms with Gasteiger partial charge in [-0.05, 0) is 61.9 Å². The van der Waals surface area contributed by atoms with Crippen molar-refractivity contribution in [3.05, 3.63) is 72.1 Å². The first-order chi connectivity index (χ1) is 16.1. The minimum absolute atomic E-state index is 0.0531. The highest BCUT2D eigenvalue weighted by molar-refractivity contribution is 5.80. The van der Waals surface area contributed by atoms with Crippen LogP contribution in [-0.4, -0.2) is 51.0 Å². The van der Waals surface area contributed by atoms with Crippen molar-refractivity contribution in [2.75, 3.05) is 25.5 Å². The van der Waals surface area contributed by atoms with Crippen LogP contribution in [-0.2, 0) is 11.3 Å². The number of para-hydroxylation sites is 1. The van der Waals surface area contributed by atoms with Crippen molar-refractivity contribution in [1.82, 2.24) is 24.9 Å². The molecule has 168 valence electrons. The first kappa shape index (κ1) is 20.9. The van der Waals surface area contributed by atoms with E-state index in [1.165, 1.54) is 0 Å². The number of anilines is 2. The smallest absolute Gasteiger partial charge is 0.244 e. The average molecular weight is 443 g/mol. The van der Waals surface area contributed by atoms with Gasteiger partial charge in [-0.1, -0.05) is 17.3 Å². The van der Waals surface area contributed by atoms with E-state index in [-0.39, 0.29) is 18.4 Å². The first-order valence-corrected chi connectivity index (χ1v) is 11.0. The lowest BCUT2D eigenvalue weighted by Crippen LogP contribution is -2.32. The molecule has 0 spiro atoms. The molecule has 2 aromatic heterocycles. The zero-order chi connectivity index (χ0) is 22.8. The van der Waals surface area contributed by atoms with Gasteiger partial charge >= 0.3 is 0 Å². The van der Waals surface area contributed by atoms with Crippen molar-refractivity contribution >= 4 is 28.3 Å². The molecule has 0 aliphatic carbocycles. The maximum absolute atomic E-state index is 13.0. The Morgan fingerprint density at radius 2 is 1.94 bits per heavy atom. The number of hydrogen-bond donors (Lipinski definition) is 1. The first-order valence-electron chi connectivity index (χ1n) is 11.0. The van der Waals surface area contributed by atoms with Gasteiger partial charge in [-0.3, -0.25) is 9.78 Å². The summed E-state index contributed by atoms with van der Waals surface area (Å²) in [5.74, 6) is 1.08. The molecule has 8 heteroatoms. The Morgan fingerprint density at radius 3 is 2.76 bits per heavy atom. The van der Waals surface area contributed by atoms with Crippen LogP contribution in [0.1, 0.15) is 23.7 Å². The summed E-state index contributed by atoms with van der Waals surface area (Å²) >= 11 is 0. The van der Waals surface area contributed by atoms with Gasteiger partial charge in [0.1, 0.15) is 17.8 Å². The molecule has 4 aromatic rings. The van der Waals surface area contributed by atoms with Crippen LogP contribution < -0.4 is 10.1 Å². The number of ether oxygens (including phenoxy) is 1. The standard InChI is InChI=1S/C25H26N6O2/c1-17-13-20(27-19-7-9-21(33-2)10-8-19)14-23(26-17)18-11-12-30(15-18)25(32)16-31-24-6-4-3-5-22(24)28-29-31/h3-10,13-14,18H,11-12,15-16H2,1-2H3,(H,26,27)/t18-/m1/s1. The number of methoxy groups -OCH3 is 1. The third-order valence-electron chi connectivity index (χ3n) is 6.02. The van der Waals surface area contributed by atoms with Gasteiger partial charge in [0, 0.05) is 41.8 Å². The molecule has 5 rings (SSSR count). The number of aromatic nitrogens is 4. The zero-order valence-corrected chi connectivity index (χ0v) is 18.7. The molecule has 1 saturated heterocycles. The van der Waals surface area contributed by atoms with E-state index in [9.17, 15) is 4.79 Å². The highest BCUT2D eigenvalue weighted by atomic mass is 16.5. The summed E-state index contributed by atoms with van der Waals surface area (Å²) < 4.78 is 6.90. The molecular formula is C25H26N6O2. The van der Waals surface area contributed by atoms with Crippen LogP contribution in [0, 0.1) is 6.92 Å². The number of hydrogen-bond acceptors (Lipinski definition) is 6. The highest BCUT2D eigenvalue weighted by Crippen LogP contribution is 2.29. The molecule has 1 aliphatic rings. The van der Waals surface area contributed by atoms with Gasteiger partial charge in [0.15, 0.2) is 0 Å². The van der Waals surface area contributed by atoms with Crippen molar-refractivity contribution in [3.63, 3.8) is 0 Å². The van der Waals surface area contributed by atoms with Gasteiger partial charge in [-0.25, -0.2) is 4.68 Å². The molecule has 0 bridgehead atoms. The molecule has 0 unspecified atom stereocenters. The number of pyridine rings is 1. The molecule has 1 atom stereocenters. The fourth-order valence-corrected chi connectivity index (χ4v) is 4.31. The quantitative estimate of drug-likeness (QED) is 0.487. The summed E-state index contributed by atoms with van der Waals surface area (Å²) in [6.45, 7) is 3.56. The van der Waals surface area contributed by atoms with E-state index in [0.717, 1.165) is 46.0 Å². The Bertz CT molecular complexity index is 1280. The summed E-state index contributed by atoms with van der Waals surface area (Å²) in [5, 5.41) is 11.7. The molecule has 3 heterocycles. The Balaban J connectivity index is 1.27. The van der Waals surface area contributed by atoms with Crippen molar-refractivity contribution in [1.29, 1.82) is 0 Å². The molecule has 0 saturated carbocycles. The summed E-state index contributed by atoms with van der Waals surface area (Å²) in [5.41, 5.74) is 5.59. The van der Waals surface area contributed by atoms with Crippen LogP contribution in [0.4, 0.5) is 11.4 Å². The Morgan fingerprint density at radius 1 is 1.12 bits per heavy atom. The summed E-state index contributed by atoms with van der Waals surface area (Å²) in [7, 11) is 1.66. The Labute approximate surface area is 192 Å². The fraction of sp³-hybridized carbons (Fsp3) is 0.280. The van der Waals surface area contributed by atoms with Crippen molar-refractivity contribution in [3.8, 4) is 5.75 Å². The number of fused-ring (bicyclic) bond motifs is 1. The average Bonchev–Trinajstić information content (AvgIpc) is 3.47. The number of nitrogens with zero attached hydrogens (tertiary/aromatic N) is 5. The van der Waals surface area contributed by atoms with Crippen LogP contribution >= 0.6 is 0 Å². The van der Waals surface area contributed by atoms with Gasteiger partial charge in [0.25, 0.3) is 0 Å². The molecule has 0 radical (unpaired) electrons. The fourth-order valence-electron chi connectivity index (χ4n) is 4.31. The number of benzene rings is 2. The SMILES string of the molecule is COc1ccc(Nc2cc(C)nc([C@@H]3CCN(C(=O)Cn4nnc5ccccc54)C3)c2)cc1. The minimum Gasteiger partial charge on any atom is -0.497 e. The number of likely N-dealkylation sites (tertiary alicyclic amines) is 1. The number of amides is 1. The van der Waals surface area contributed by atoms with E-state index < -0.39 is 0 Å². The molecule has 8 nitrogen and oxygen atoms in total. The van der Waals surface area contributed by atoms with Gasteiger partial charge < -0.3 is 15.0 Å². The maximum Gasteiger partial charge on any atom is 0.244 e. The third kappa shape index (κ3) is 4.50. The zero-order valence-electron chi connectivity index (χ0n) is 18.7. The molecule has 1 aliphatic heterocycles. The molecular weight excluding hydrogens is 416 g/mol. The van der Waals surface area contributed by atoms with E-state index in [2.05, 4.69) is 21.7 Å². The summed E-state index contributed by atoms with van der Waals surface area (Å²) in [6.07, 6.45) is 0.891. The van der Waals surface area contributed by atoms with Gasteiger partial charge in [0.05, 0.1) is 12.6 Å². The van der Waals surface area contributed by atoms with Crippen LogP contribution in [0.15, 0.2) is 60.7 Å². The predicted molar refractivity (Wildman–Crippen MR) is 127 cm³/mol. The number of carbonyl (C=O) groups excluding carboxylic acids is 1. The lowest BCUT2D eigenvalue weighted by atomic mass is 10.0. The monoisotopic (exact) mass is 442 g/mol. The molecule has 2 aromatic carbocycles. The maximum atomic E-state index is 13.0. The Kier molecular flexibility index (Phi) is 5.64. The molecule has 1 amide bonds. The minimum atomic E-state index is 0.0531. The lowest BCUT2D eigenvalue weighted by molar-refractivity contribution is -0.130. The second-order valence-corrected chi connectivity index (χ2v) is 8.34. The van der Waals surface area contributed by atoms with E-state index >= 15 is 0 Å². The largest absolute Gasteiger partial charge is 0.497 e. The number of aryl methyl sites for hydroxylation is 1. The van der Waals surface area contributed by atoms with Crippen molar-refractivity contribution in [2.45, 2.75) is 25.8 Å². The number of carbonyl (C=O) groups is 1. The van der Waals surface area contributed by atoms with E-state index in [4.69, 9.17) is 9.72 Å². The second-order valence-electron chi connectivity index (χ2n) is 8.34. The topological polar surface area (TPSA) is 85.2 Å². The molecule has 1 N–H and O–H groups in total. The lowest BCUT2D eigenvalue weighted by Gasteiger charge is -2.17. The predicted octanol–water partition coefficient (Wildman–Crippen LogP) is 3.90. The van der Waals surface area contributed by atoms with E-state index in [0.29, 0.717) is 13.1 Å². The Hall–Kier alpha value is -3.94. The van der Waals surface area contributed by atoms with Crippen LogP contribution in [0.25, 0.3) is 11.0 Å². The normalized spacial score (nSPS) is 15.7. The summed E-state index contributed by atoms with van der Waals surface area (Å²) in [6, 6.07) is 19.6. The number of rotatable bonds is 6. The van der Waals surface area contributed by atoms with Gasteiger partial charge in [-0.15, -0.1) is 5.10 Å². The highest BCUT2D eigenvalue weighted by Gasteiger charge is 2.29. The number of nitrogens with one attached hydrogen (secondary N) is 1. The van der Waals surface area contributed by atoms with E-state index in [1.807, 2.05) is 66.4 Å². The van der Waals surface area contributed by atoms with E-state index in [1.54, 1.807) is 11.8 Å². The van der Waals surface area contributed by atoms with Crippen molar-refractivity contribution in [2.24, 2.45) is 0 Å². The third-order valence-corrected chi connectivity index (χ3v) is 6.02. The van der Waals surface area contributed by atoms with Crippen LogP contribution in [0.3, 0.4) is 0 Å². The van der Waals surface area contributed by atoms with Crippen LogP contribution in [0.2, 0.25) is 0 Å². The molecule has 1 fully saturated rings. The van der Waals surface area contributed by atoms with Gasteiger partial charge in [0.2, 0.25) is 5.91 Å². The van der Waals surface area contributed by atoms with Gasteiger partial charge in [-0.2, -0.15) is 0 Å². The summed E-state index contributed by atoms with van der Waals surface area (Å²) in [4.78, 5) is 19.6. The second kappa shape index (κ2) is 8.90. The molecule has 33 heavy (non-hydrogen) atoms. The van der Waals surface area contributed by atoms with Crippen LogP contribution in [0.5, 0.6) is 5.75 Å². The van der Waals surface area contributed by atoms with Crippen molar-refractivity contribution < 1.29 is 9.53 Å².